The van der Waals surface area contributed by atoms with Gasteiger partial charge < -0.3 is 15.2 Å². The van der Waals surface area contributed by atoms with E-state index in [1.54, 1.807) is 6.33 Å². The van der Waals surface area contributed by atoms with Gasteiger partial charge in [-0.15, -0.1) is 0 Å². The minimum absolute atomic E-state index is 0.0555. The third-order valence-electron chi connectivity index (χ3n) is 4.10. The minimum atomic E-state index is -0.0555. The van der Waals surface area contributed by atoms with Crippen molar-refractivity contribution in [2.45, 2.75) is 32.1 Å². The van der Waals surface area contributed by atoms with Crippen LogP contribution in [-0.4, -0.2) is 26.1 Å². The molecule has 24 heavy (non-hydrogen) atoms. The zero-order valence-electron chi connectivity index (χ0n) is 13.3. The van der Waals surface area contributed by atoms with Crippen molar-refractivity contribution in [2.75, 3.05) is 12.3 Å². The fourth-order valence-electron chi connectivity index (χ4n) is 2.86. The van der Waals surface area contributed by atoms with E-state index in [-0.39, 0.29) is 12.2 Å². The number of hydrogen-bond donors (Lipinski definition) is 1. The van der Waals surface area contributed by atoms with Crippen molar-refractivity contribution < 1.29 is 9.47 Å². The maximum Gasteiger partial charge on any atom is 0.320 e. The van der Waals surface area contributed by atoms with Crippen molar-refractivity contribution in [1.29, 1.82) is 0 Å². The molecule has 1 atom stereocenters. The van der Waals surface area contributed by atoms with Gasteiger partial charge in [0.2, 0.25) is 0 Å². The number of benzene rings is 1. The van der Waals surface area contributed by atoms with Crippen LogP contribution in [0.25, 0.3) is 11.2 Å². The summed E-state index contributed by atoms with van der Waals surface area (Å²) < 4.78 is 13.4. The summed E-state index contributed by atoms with van der Waals surface area (Å²) in [4.78, 5) is 13.0. The monoisotopic (exact) mass is 325 g/mol. The predicted octanol–water partition coefficient (Wildman–Crippen LogP) is 2.69. The molecule has 1 aliphatic rings. The number of imidazole rings is 1. The van der Waals surface area contributed by atoms with Gasteiger partial charge in [0.1, 0.15) is 12.8 Å². The summed E-state index contributed by atoms with van der Waals surface area (Å²) in [5.41, 5.74) is 8.30. The number of nitrogens with zero attached hydrogens (tertiary/aromatic N) is 4. The van der Waals surface area contributed by atoms with Gasteiger partial charge in [0.05, 0.1) is 6.33 Å². The van der Waals surface area contributed by atoms with Crippen LogP contribution in [0.4, 0.5) is 5.82 Å². The average molecular weight is 325 g/mol. The maximum atomic E-state index is 6.02. The van der Waals surface area contributed by atoms with Gasteiger partial charge in [-0.05, 0) is 24.8 Å². The molecule has 1 fully saturated rings. The largest absolute Gasteiger partial charge is 0.458 e. The number of hydrogen-bond acceptors (Lipinski definition) is 6. The molecule has 0 radical (unpaired) electrons. The summed E-state index contributed by atoms with van der Waals surface area (Å²) in [7, 11) is 0. The molecule has 124 valence electrons. The molecule has 0 amide bonds. The van der Waals surface area contributed by atoms with Gasteiger partial charge in [-0.25, -0.2) is 4.98 Å². The summed E-state index contributed by atoms with van der Waals surface area (Å²) in [5, 5.41) is 0. The molecule has 0 aliphatic carbocycles. The van der Waals surface area contributed by atoms with Crippen molar-refractivity contribution in [3.05, 3.63) is 42.2 Å². The quantitative estimate of drug-likeness (QED) is 0.793. The molecule has 4 rings (SSSR count). The van der Waals surface area contributed by atoms with Gasteiger partial charge in [-0.2, -0.15) is 9.97 Å². The van der Waals surface area contributed by atoms with Crippen molar-refractivity contribution in [2.24, 2.45) is 0 Å². The zero-order valence-corrected chi connectivity index (χ0v) is 13.3. The standard InChI is InChI=1S/C17H19N5O2/c18-15-14-16(22(11-19-14)13-8-4-5-9-23-13)21-17(20-15)24-10-12-6-2-1-3-7-12/h1-3,6-7,11,13H,4-5,8-10H2,(H2,18,20,21). The number of nitrogens with two attached hydrogens (primary N) is 1. The molecule has 3 heterocycles. The lowest BCUT2D eigenvalue weighted by atomic mass is 10.2. The molecule has 0 saturated carbocycles. The number of aromatic nitrogens is 4. The van der Waals surface area contributed by atoms with Crippen molar-refractivity contribution in [3.63, 3.8) is 0 Å². The zero-order chi connectivity index (χ0) is 16.4. The summed E-state index contributed by atoms with van der Waals surface area (Å²) in [5.74, 6) is 0.317. The van der Waals surface area contributed by atoms with Crippen LogP contribution >= 0.6 is 0 Å². The molecule has 1 aliphatic heterocycles. The lowest BCUT2D eigenvalue weighted by Crippen LogP contribution is -2.18. The number of anilines is 1. The molecule has 1 saturated heterocycles. The highest BCUT2D eigenvalue weighted by molar-refractivity contribution is 5.81. The molecule has 2 aromatic heterocycles. The highest BCUT2D eigenvalue weighted by Gasteiger charge is 2.20. The normalized spacial score (nSPS) is 17.9. The second-order valence-corrected chi connectivity index (χ2v) is 5.81. The van der Waals surface area contributed by atoms with E-state index >= 15 is 0 Å². The third kappa shape index (κ3) is 2.90. The number of ether oxygens (including phenoxy) is 2. The Kier molecular flexibility index (Phi) is 4.00. The first-order valence-corrected chi connectivity index (χ1v) is 8.09. The Morgan fingerprint density at radius 3 is 2.88 bits per heavy atom. The summed E-state index contributed by atoms with van der Waals surface area (Å²) in [6.45, 7) is 1.14. The van der Waals surface area contributed by atoms with Crippen LogP contribution in [0.2, 0.25) is 0 Å². The smallest absolute Gasteiger partial charge is 0.320 e. The Morgan fingerprint density at radius 2 is 2.08 bits per heavy atom. The van der Waals surface area contributed by atoms with E-state index in [0.717, 1.165) is 31.4 Å². The Bertz CT molecular complexity index is 828. The Balaban J connectivity index is 1.62. The SMILES string of the molecule is Nc1nc(OCc2ccccc2)nc2c1ncn2C1CCCCO1. The minimum Gasteiger partial charge on any atom is -0.458 e. The fourth-order valence-corrected chi connectivity index (χ4v) is 2.86. The maximum absolute atomic E-state index is 6.02. The summed E-state index contributed by atoms with van der Waals surface area (Å²) in [6, 6.07) is 10.1. The Morgan fingerprint density at radius 1 is 1.21 bits per heavy atom. The van der Waals surface area contributed by atoms with Crippen LogP contribution in [0.3, 0.4) is 0 Å². The summed E-state index contributed by atoms with van der Waals surface area (Å²) in [6.07, 6.45) is 4.82. The van der Waals surface area contributed by atoms with E-state index in [4.69, 9.17) is 15.2 Å². The first-order chi connectivity index (χ1) is 11.8. The second kappa shape index (κ2) is 6.45. The van der Waals surface area contributed by atoms with E-state index in [1.807, 2.05) is 34.9 Å². The van der Waals surface area contributed by atoms with Gasteiger partial charge in [0.25, 0.3) is 0 Å². The first-order valence-electron chi connectivity index (χ1n) is 8.09. The highest BCUT2D eigenvalue weighted by Crippen LogP contribution is 2.28. The molecular weight excluding hydrogens is 306 g/mol. The van der Waals surface area contributed by atoms with Gasteiger partial charge in [-0.1, -0.05) is 30.3 Å². The number of fused-ring (bicyclic) bond motifs is 1. The molecular formula is C17H19N5O2. The van der Waals surface area contributed by atoms with E-state index < -0.39 is 0 Å². The molecule has 7 nitrogen and oxygen atoms in total. The van der Waals surface area contributed by atoms with E-state index in [1.165, 1.54) is 0 Å². The molecule has 7 heteroatoms. The van der Waals surface area contributed by atoms with Crippen LogP contribution in [0.15, 0.2) is 36.7 Å². The molecule has 0 bridgehead atoms. The van der Waals surface area contributed by atoms with E-state index in [9.17, 15) is 0 Å². The highest BCUT2D eigenvalue weighted by atomic mass is 16.5. The fraction of sp³-hybridized carbons (Fsp3) is 0.353. The van der Waals surface area contributed by atoms with Gasteiger partial charge >= 0.3 is 6.01 Å². The van der Waals surface area contributed by atoms with Crippen LogP contribution in [0, 0.1) is 0 Å². The Labute approximate surface area is 139 Å². The number of nitrogen functional groups attached to an aromatic ring is 1. The van der Waals surface area contributed by atoms with Gasteiger partial charge in [0, 0.05) is 6.61 Å². The van der Waals surface area contributed by atoms with Crippen LogP contribution < -0.4 is 10.5 Å². The average Bonchev–Trinajstić information content (AvgIpc) is 3.06. The second-order valence-electron chi connectivity index (χ2n) is 5.81. The van der Waals surface area contributed by atoms with Crippen molar-refractivity contribution >= 4 is 17.0 Å². The molecule has 1 aromatic carbocycles. The Hall–Kier alpha value is -2.67. The van der Waals surface area contributed by atoms with E-state index in [2.05, 4.69) is 15.0 Å². The lowest BCUT2D eigenvalue weighted by Gasteiger charge is -2.23. The molecule has 3 aromatic rings. The van der Waals surface area contributed by atoms with Gasteiger partial charge in [0.15, 0.2) is 17.0 Å². The first kappa shape index (κ1) is 14.9. The van der Waals surface area contributed by atoms with Crippen LogP contribution in [0.5, 0.6) is 6.01 Å². The number of rotatable bonds is 4. The van der Waals surface area contributed by atoms with Crippen LogP contribution in [-0.2, 0) is 11.3 Å². The topological polar surface area (TPSA) is 88.1 Å². The van der Waals surface area contributed by atoms with Crippen molar-refractivity contribution in [1.82, 2.24) is 19.5 Å². The predicted molar refractivity (Wildman–Crippen MR) is 89.3 cm³/mol. The third-order valence-corrected chi connectivity index (χ3v) is 4.10. The molecule has 2 N–H and O–H groups in total. The van der Waals surface area contributed by atoms with Gasteiger partial charge in [-0.3, -0.25) is 4.57 Å². The van der Waals surface area contributed by atoms with Crippen LogP contribution in [0.1, 0.15) is 31.1 Å². The molecule has 1 unspecified atom stereocenters. The summed E-state index contributed by atoms with van der Waals surface area (Å²) >= 11 is 0. The molecule has 0 spiro atoms. The lowest BCUT2D eigenvalue weighted by molar-refractivity contribution is -0.0298. The van der Waals surface area contributed by atoms with E-state index in [0.29, 0.717) is 23.6 Å². The van der Waals surface area contributed by atoms with Crippen molar-refractivity contribution in [3.8, 4) is 6.01 Å².